The van der Waals surface area contributed by atoms with Crippen LogP contribution in [0.4, 0.5) is 0 Å². The standard InChI is InChI=1S/C27H20ClN3O3S.C4H10O/c1-15-9-23-26(25(21(15)12-24(32)33)16-3-5-19(28)6-4-16)35-27(31-23)17-7-8-30-22(11-17)18-10-20(34-2)14-29-13-18;1-4(2,3)5/h3-11,13-14H,12H2,1-2H3,(H,32,33);5H,1-3H3. The van der Waals surface area contributed by atoms with E-state index in [0.29, 0.717) is 10.8 Å². The molecule has 7 nitrogen and oxygen atoms in total. The Morgan fingerprint density at radius 3 is 2.38 bits per heavy atom. The Morgan fingerprint density at radius 2 is 1.73 bits per heavy atom. The zero-order valence-electron chi connectivity index (χ0n) is 22.9. The van der Waals surface area contributed by atoms with E-state index in [1.165, 1.54) is 11.3 Å². The Bertz CT molecular complexity index is 1650. The van der Waals surface area contributed by atoms with Crippen molar-refractivity contribution in [1.82, 2.24) is 15.0 Å². The van der Waals surface area contributed by atoms with Crippen LogP contribution in [-0.2, 0) is 11.2 Å². The molecule has 0 saturated heterocycles. The molecule has 40 heavy (non-hydrogen) atoms. The van der Waals surface area contributed by atoms with Crippen LogP contribution in [0.25, 0.3) is 43.2 Å². The molecule has 0 unspecified atom stereocenters. The second-order valence-corrected chi connectivity index (χ2v) is 11.6. The number of carbonyl (C=O) groups is 1. The lowest BCUT2D eigenvalue weighted by atomic mass is 9.93. The Balaban J connectivity index is 0.000000681. The zero-order chi connectivity index (χ0) is 29.0. The predicted octanol–water partition coefficient (Wildman–Crippen LogP) is 7.46. The van der Waals surface area contributed by atoms with Crippen LogP contribution >= 0.6 is 22.9 Å². The number of rotatable bonds is 6. The molecule has 3 heterocycles. The van der Waals surface area contributed by atoms with Crippen LogP contribution in [-0.4, -0.2) is 43.8 Å². The van der Waals surface area contributed by atoms with Crippen molar-refractivity contribution in [2.75, 3.05) is 7.11 Å². The van der Waals surface area contributed by atoms with Crippen molar-refractivity contribution in [2.24, 2.45) is 0 Å². The number of aliphatic hydroxyl groups is 1. The number of aromatic nitrogens is 3. The minimum Gasteiger partial charge on any atom is -0.495 e. The molecule has 2 N–H and O–H groups in total. The van der Waals surface area contributed by atoms with E-state index in [0.717, 1.165) is 54.3 Å². The molecule has 9 heteroatoms. The van der Waals surface area contributed by atoms with Crippen LogP contribution < -0.4 is 4.74 Å². The molecule has 5 rings (SSSR count). The summed E-state index contributed by atoms with van der Waals surface area (Å²) in [4.78, 5) is 25.3. The Morgan fingerprint density at radius 1 is 1.02 bits per heavy atom. The van der Waals surface area contributed by atoms with Gasteiger partial charge >= 0.3 is 5.97 Å². The summed E-state index contributed by atoms with van der Waals surface area (Å²) < 4.78 is 6.23. The first-order chi connectivity index (χ1) is 18.9. The summed E-state index contributed by atoms with van der Waals surface area (Å²) in [6.07, 6.45) is 5.07. The molecular formula is C31H30ClN3O4S. The van der Waals surface area contributed by atoms with Gasteiger partial charge in [-0.05, 0) is 80.8 Å². The summed E-state index contributed by atoms with van der Waals surface area (Å²) in [7, 11) is 1.60. The van der Waals surface area contributed by atoms with Crippen molar-refractivity contribution in [3.63, 3.8) is 0 Å². The van der Waals surface area contributed by atoms with Crippen LogP contribution in [0.3, 0.4) is 0 Å². The third kappa shape index (κ3) is 7.21. The van der Waals surface area contributed by atoms with Gasteiger partial charge in [0.25, 0.3) is 0 Å². The molecule has 0 amide bonds. The van der Waals surface area contributed by atoms with Crippen LogP contribution in [0.5, 0.6) is 5.75 Å². The largest absolute Gasteiger partial charge is 0.495 e. The van der Waals surface area contributed by atoms with Crippen molar-refractivity contribution in [2.45, 2.75) is 39.7 Å². The number of ether oxygens (including phenoxy) is 1. The molecule has 0 radical (unpaired) electrons. The number of aliphatic carboxylic acids is 1. The summed E-state index contributed by atoms with van der Waals surface area (Å²) in [5.74, 6) is -0.221. The Labute approximate surface area is 242 Å². The lowest BCUT2D eigenvalue weighted by Gasteiger charge is -2.13. The molecule has 0 saturated carbocycles. The van der Waals surface area contributed by atoms with E-state index in [2.05, 4.69) is 9.97 Å². The van der Waals surface area contributed by atoms with E-state index >= 15 is 0 Å². The summed E-state index contributed by atoms with van der Waals surface area (Å²) in [6.45, 7) is 7.16. The van der Waals surface area contributed by atoms with Gasteiger partial charge in [-0.1, -0.05) is 23.7 Å². The normalized spacial score (nSPS) is 11.2. The third-order valence-electron chi connectivity index (χ3n) is 5.72. The number of methoxy groups -OCH3 is 1. The predicted molar refractivity (Wildman–Crippen MR) is 161 cm³/mol. The number of pyridine rings is 2. The van der Waals surface area contributed by atoms with Crippen molar-refractivity contribution in [3.8, 4) is 38.7 Å². The maximum Gasteiger partial charge on any atom is 0.307 e. The van der Waals surface area contributed by atoms with Gasteiger partial charge in [0.2, 0.25) is 0 Å². The maximum atomic E-state index is 11.7. The van der Waals surface area contributed by atoms with Gasteiger partial charge in [-0.25, -0.2) is 4.98 Å². The fourth-order valence-electron chi connectivity index (χ4n) is 4.05. The molecule has 206 valence electrons. The maximum absolute atomic E-state index is 11.7. The van der Waals surface area contributed by atoms with E-state index in [9.17, 15) is 9.90 Å². The highest BCUT2D eigenvalue weighted by atomic mass is 35.5. The van der Waals surface area contributed by atoms with Crippen LogP contribution in [0.15, 0.2) is 67.1 Å². The number of nitrogens with zero attached hydrogens (tertiary/aromatic N) is 3. The average Bonchev–Trinajstić information content (AvgIpc) is 3.32. The highest BCUT2D eigenvalue weighted by Gasteiger charge is 2.20. The molecule has 0 atom stereocenters. The molecule has 0 bridgehead atoms. The lowest BCUT2D eigenvalue weighted by Crippen LogP contribution is -2.10. The van der Waals surface area contributed by atoms with Gasteiger partial charge in [0.15, 0.2) is 0 Å². The van der Waals surface area contributed by atoms with E-state index in [1.807, 2.05) is 55.5 Å². The summed E-state index contributed by atoms with van der Waals surface area (Å²) in [5.41, 5.74) is 6.30. The first-order valence-electron chi connectivity index (χ1n) is 12.5. The number of thiazole rings is 1. The second kappa shape index (κ2) is 12.1. The molecular weight excluding hydrogens is 546 g/mol. The lowest BCUT2D eigenvalue weighted by molar-refractivity contribution is -0.136. The van der Waals surface area contributed by atoms with Crippen molar-refractivity contribution < 1.29 is 19.7 Å². The quantitative estimate of drug-likeness (QED) is 0.216. The first kappa shape index (κ1) is 29.1. The SMILES string of the molecule is CC(C)(C)O.COc1cncc(-c2cc(-c3nc4cc(C)c(CC(=O)O)c(-c5ccc(Cl)cc5)c4s3)ccn2)c1. The highest BCUT2D eigenvalue weighted by Crippen LogP contribution is 2.41. The fourth-order valence-corrected chi connectivity index (χ4v) is 5.31. The Hall–Kier alpha value is -3.85. The molecule has 0 fully saturated rings. The van der Waals surface area contributed by atoms with Crippen molar-refractivity contribution >= 4 is 39.1 Å². The van der Waals surface area contributed by atoms with Gasteiger partial charge < -0.3 is 14.9 Å². The second-order valence-electron chi connectivity index (χ2n) is 10.2. The van der Waals surface area contributed by atoms with E-state index in [1.54, 1.807) is 46.5 Å². The Kier molecular flexibility index (Phi) is 8.83. The van der Waals surface area contributed by atoms with E-state index in [4.69, 9.17) is 26.4 Å². The number of carboxylic acid groups (broad SMARTS) is 1. The van der Waals surface area contributed by atoms with Crippen molar-refractivity contribution in [3.05, 3.63) is 83.3 Å². The average molecular weight is 576 g/mol. The van der Waals surface area contributed by atoms with Gasteiger partial charge in [-0.15, -0.1) is 11.3 Å². The van der Waals surface area contributed by atoms with Gasteiger partial charge in [-0.3, -0.25) is 14.8 Å². The van der Waals surface area contributed by atoms with Crippen LogP contribution in [0.1, 0.15) is 31.9 Å². The molecule has 0 aliphatic carbocycles. The van der Waals surface area contributed by atoms with Crippen LogP contribution in [0, 0.1) is 6.92 Å². The topological polar surface area (TPSA) is 105 Å². The van der Waals surface area contributed by atoms with Gasteiger partial charge in [0, 0.05) is 34.1 Å². The van der Waals surface area contributed by atoms with E-state index < -0.39 is 11.6 Å². The molecule has 0 aliphatic heterocycles. The number of aryl methyl sites for hydroxylation is 1. The third-order valence-corrected chi connectivity index (χ3v) is 7.11. The zero-order valence-corrected chi connectivity index (χ0v) is 24.5. The highest BCUT2D eigenvalue weighted by molar-refractivity contribution is 7.22. The number of hydrogen-bond donors (Lipinski definition) is 2. The summed E-state index contributed by atoms with van der Waals surface area (Å²) >= 11 is 7.65. The smallest absolute Gasteiger partial charge is 0.307 e. The van der Waals surface area contributed by atoms with Gasteiger partial charge in [0.1, 0.15) is 10.8 Å². The summed E-state index contributed by atoms with van der Waals surface area (Å²) in [5, 5.41) is 19.5. The molecule has 5 aromatic rings. The van der Waals surface area contributed by atoms with Gasteiger partial charge in [-0.2, -0.15) is 0 Å². The van der Waals surface area contributed by atoms with E-state index in [-0.39, 0.29) is 6.42 Å². The van der Waals surface area contributed by atoms with Crippen molar-refractivity contribution in [1.29, 1.82) is 0 Å². The summed E-state index contributed by atoms with van der Waals surface area (Å²) in [6, 6.07) is 15.2. The monoisotopic (exact) mass is 575 g/mol. The number of hydrogen-bond acceptors (Lipinski definition) is 7. The number of fused-ring (bicyclic) bond motifs is 1. The number of benzene rings is 2. The first-order valence-corrected chi connectivity index (χ1v) is 13.7. The minimum absolute atomic E-state index is 0.0742. The van der Waals surface area contributed by atoms with Crippen LogP contribution in [0.2, 0.25) is 5.02 Å². The number of carboxylic acids is 1. The number of halogens is 1. The fraction of sp³-hybridized carbons (Fsp3) is 0.226. The van der Waals surface area contributed by atoms with Gasteiger partial charge in [0.05, 0.1) is 41.2 Å². The minimum atomic E-state index is -0.877. The molecule has 0 aliphatic rings. The molecule has 0 spiro atoms. The molecule has 3 aromatic heterocycles. The molecule has 2 aromatic carbocycles.